The van der Waals surface area contributed by atoms with Gasteiger partial charge in [-0.3, -0.25) is 0 Å². The van der Waals surface area contributed by atoms with Gasteiger partial charge in [-0.1, -0.05) is 32.6 Å². The standard InChI is InChI=1S/C13H24O4/c1-2-10-17-11-8-6-4-3-5-7-9-13(11,16)12(14)15/h11,16H,2-10H2,1H3,(H,14,15). The lowest BCUT2D eigenvalue weighted by atomic mass is 9.88. The van der Waals surface area contributed by atoms with Crippen molar-refractivity contribution in [3.8, 4) is 0 Å². The van der Waals surface area contributed by atoms with Gasteiger partial charge in [-0.15, -0.1) is 0 Å². The molecule has 0 heterocycles. The van der Waals surface area contributed by atoms with E-state index in [-0.39, 0.29) is 0 Å². The van der Waals surface area contributed by atoms with E-state index in [2.05, 4.69) is 0 Å². The van der Waals surface area contributed by atoms with Crippen molar-refractivity contribution >= 4 is 5.97 Å². The molecule has 1 aliphatic rings. The summed E-state index contributed by atoms with van der Waals surface area (Å²) >= 11 is 0. The van der Waals surface area contributed by atoms with Crippen molar-refractivity contribution in [1.29, 1.82) is 0 Å². The Morgan fingerprint density at radius 1 is 1.29 bits per heavy atom. The van der Waals surface area contributed by atoms with Crippen molar-refractivity contribution in [2.45, 2.75) is 70.0 Å². The van der Waals surface area contributed by atoms with Crippen LogP contribution in [0.1, 0.15) is 58.3 Å². The minimum absolute atomic E-state index is 0.302. The van der Waals surface area contributed by atoms with Crippen LogP contribution in [0.4, 0.5) is 0 Å². The predicted octanol–water partition coefficient (Wildman–Crippen LogP) is 2.34. The molecule has 1 fully saturated rings. The van der Waals surface area contributed by atoms with Crippen molar-refractivity contribution in [3.05, 3.63) is 0 Å². The Balaban J connectivity index is 2.75. The number of hydrogen-bond donors (Lipinski definition) is 2. The highest BCUT2D eigenvalue weighted by atomic mass is 16.5. The van der Waals surface area contributed by atoms with E-state index in [1.165, 1.54) is 0 Å². The summed E-state index contributed by atoms with van der Waals surface area (Å²) < 4.78 is 5.57. The summed E-state index contributed by atoms with van der Waals surface area (Å²) in [5.74, 6) is -1.14. The SMILES string of the molecule is CCCOC1CCCCCCCC1(O)C(=O)O. The maximum Gasteiger partial charge on any atom is 0.338 e. The molecule has 100 valence electrons. The first-order valence-electron chi connectivity index (χ1n) is 6.68. The molecule has 0 aliphatic heterocycles. The van der Waals surface area contributed by atoms with Crippen LogP contribution in [0.2, 0.25) is 0 Å². The second kappa shape index (κ2) is 6.97. The first kappa shape index (κ1) is 14.5. The third-order valence-electron chi connectivity index (χ3n) is 3.45. The van der Waals surface area contributed by atoms with E-state index < -0.39 is 17.7 Å². The summed E-state index contributed by atoms with van der Waals surface area (Å²) in [6, 6.07) is 0. The summed E-state index contributed by atoms with van der Waals surface area (Å²) in [5, 5.41) is 19.6. The molecular formula is C13H24O4. The number of aliphatic hydroxyl groups is 1. The molecule has 4 heteroatoms. The van der Waals surface area contributed by atoms with Crippen LogP contribution in [0, 0.1) is 0 Å². The van der Waals surface area contributed by atoms with Gasteiger partial charge in [0.25, 0.3) is 0 Å². The topological polar surface area (TPSA) is 66.8 Å². The first-order chi connectivity index (χ1) is 8.11. The molecular weight excluding hydrogens is 220 g/mol. The second-order valence-corrected chi connectivity index (χ2v) is 4.90. The zero-order chi connectivity index (χ0) is 12.7. The van der Waals surface area contributed by atoms with Gasteiger partial charge in [-0.05, 0) is 25.7 Å². The van der Waals surface area contributed by atoms with Gasteiger partial charge in [0.15, 0.2) is 5.60 Å². The fourth-order valence-corrected chi connectivity index (χ4v) is 2.38. The highest BCUT2D eigenvalue weighted by molar-refractivity contribution is 5.78. The molecule has 2 atom stereocenters. The van der Waals surface area contributed by atoms with Gasteiger partial charge in [0.05, 0.1) is 6.10 Å². The van der Waals surface area contributed by atoms with Crippen molar-refractivity contribution in [3.63, 3.8) is 0 Å². The molecule has 1 aliphatic carbocycles. The zero-order valence-corrected chi connectivity index (χ0v) is 10.7. The van der Waals surface area contributed by atoms with E-state index >= 15 is 0 Å². The van der Waals surface area contributed by atoms with Crippen LogP contribution in [-0.2, 0) is 9.53 Å². The lowest BCUT2D eigenvalue weighted by Crippen LogP contribution is -2.50. The Kier molecular flexibility index (Phi) is 5.92. The van der Waals surface area contributed by atoms with E-state index in [4.69, 9.17) is 4.74 Å². The summed E-state index contributed by atoms with van der Waals surface area (Å²) in [6.07, 6.45) is 6.14. The molecule has 0 spiro atoms. The molecule has 4 nitrogen and oxygen atoms in total. The average Bonchev–Trinajstić information content (AvgIpc) is 2.38. The first-order valence-corrected chi connectivity index (χ1v) is 6.68. The highest BCUT2D eigenvalue weighted by Crippen LogP contribution is 2.28. The average molecular weight is 244 g/mol. The lowest BCUT2D eigenvalue weighted by Gasteiger charge is -2.32. The van der Waals surface area contributed by atoms with Gasteiger partial charge in [-0.2, -0.15) is 0 Å². The zero-order valence-electron chi connectivity index (χ0n) is 10.7. The Bertz CT molecular complexity index is 242. The van der Waals surface area contributed by atoms with Crippen molar-refractivity contribution in [1.82, 2.24) is 0 Å². The van der Waals surface area contributed by atoms with Crippen molar-refractivity contribution < 1.29 is 19.7 Å². The van der Waals surface area contributed by atoms with Crippen LogP contribution >= 0.6 is 0 Å². The third kappa shape index (κ3) is 3.96. The number of carboxylic acid groups (broad SMARTS) is 1. The molecule has 0 bridgehead atoms. The predicted molar refractivity (Wildman–Crippen MR) is 64.9 cm³/mol. The minimum atomic E-state index is -1.69. The summed E-state index contributed by atoms with van der Waals surface area (Å²) in [5.41, 5.74) is -1.69. The van der Waals surface area contributed by atoms with E-state index in [1.807, 2.05) is 6.92 Å². The van der Waals surface area contributed by atoms with Gasteiger partial charge in [0.1, 0.15) is 0 Å². The number of hydrogen-bond acceptors (Lipinski definition) is 3. The monoisotopic (exact) mass is 244 g/mol. The Morgan fingerprint density at radius 3 is 2.59 bits per heavy atom. The quantitative estimate of drug-likeness (QED) is 0.796. The van der Waals surface area contributed by atoms with Crippen molar-refractivity contribution in [2.24, 2.45) is 0 Å². The molecule has 0 radical (unpaired) electrons. The summed E-state index contributed by atoms with van der Waals surface area (Å²) in [4.78, 5) is 11.3. The molecule has 1 rings (SSSR count). The molecule has 0 aromatic carbocycles. The van der Waals surface area contributed by atoms with Crippen LogP contribution in [0.3, 0.4) is 0 Å². The number of carboxylic acids is 1. The van der Waals surface area contributed by atoms with Crippen LogP contribution in [0.5, 0.6) is 0 Å². The van der Waals surface area contributed by atoms with Gasteiger partial charge in [0, 0.05) is 6.61 Å². The summed E-state index contributed by atoms with van der Waals surface area (Å²) in [6.45, 7) is 2.50. The van der Waals surface area contributed by atoms with E-state index in [0.29, 0.717) is 19.4 Å². The Labute approximate surface area is 103 Å². The van der Waals surface area contributed by atoms with Crippen LogP contribution in [-0.4, -0.2) is 34.5 Å². The minimum Gasteiger partial charge on any atom is -0.479 e. The second-order valence-electron chi connectivity index (χ2n) is 4.90. The normalized spacial score (nSPS) is 31.3. The molecule has 1 saturated carbocycles. The van der Waals surface area contributed by atoms with Crippen LogP contribution in [0.15, 0.2) is 0 Å². The molecule has 2 unspecified atom stereocenters. The lowest BCUT2D eigenvalue weighted by molar-refractivity contribution is -0.179. The van der Waals surface area contributed by atoms with Gasteiger partial charge >= 0.3 is 5.97 Å². The van der Waals surface area contributed by atoms with Gasteiger partial charge in [0.2, 0.25) is 0 Å². The smallest absolute Gasteiger partial charge is 0.338 e. The molecule has 17 heavy (non-hydrogen) atoms. The van der Waals surface area contributed by atoms with E-state index in [1.54, 1.807) is 0 Å². The molecule has 2 N–H and O–H groups in total. The molecule has 0 aromatic rings. The molecule has 0 aromatic heterocycles. The van der Waals surface area contributed by atoms with E-state index in [9.17, 15) is 15.0 Å². The fraction of sp³-hybridized carbons (Fsp3) is 0.923. The highest BCUT2D eigenvalue weighted by Gasteiger charge is 2.44. The van der Waals surface area contributed by atoms with E-state index in [0.717, 1.165) is 38.5 Å². The van der Waals surface area contributed by atoms with Crippen LogP contribution in [0.25, 0.3) is 0 Å². The largest absolute Gasteiger partial charge is 0.479 e. The summed E-state index contributed by atoms with van der Waals surface area (Å²) in [7, 11) is 0. The Morgan fingerprint density at radius 2 is 1.94 bits per heavy atom. The number of ether oxygens (including phenoxy) is 1. The number of carbonyl (C=O) groups is 1. The number of aliphatic carboxylic acids is 1. The maximum atomic E-state index is 11.3. The maximum absolute atomic E-state index is 11.3. The van der Waals surface area contributed by atoms with Gasteiger partial charge < -0.3 is 14.9 Å². The van der Waals surface area contributed by atoms with Gasteiger partial charge in [-0.25, -0.2) is 4.79 Å². The fourth-order valence-electron chi connectivity index (χ4n) is 2.38. The Hall–Kier alpha value is -0.610. The molecule has 0 amide bonds. The number of rotatable bonds is 4. The van der Waals surface area contributed by atoms with Crippen LogP contribution < -0.4 is 0 Å². The third-order valence-corrected chi connectivity index (χ3v) is 3.45. The van der Waals surface area contributed by atoms with Crippen molar-refractivity contribution in [2.75, 3.05) is 6.61 Å². The molecule has 0 saturated heterocycles.